The van der Waals surface area contributed by atoms with E-state index in [0.29, 0.717) is 26.1 Å². The van der Waals surface area contributed by atoms with E-state index in [9.17, 15) is 14.7 Å². The minimum Gasteiger partial charge on any atom is -0.481 e. The van der Waals surface area contributed by atoms with Crippen molar-refractivity contribution < 1.29 is 19.1 Å². The van der Waals surface area contributed by atoms with E-state index in [2.05, 4.69) is 4.90 Å². The predicted molar refractivity (Wildman–Crippen MR) is 91.9 cm³/mol. The number of fused-ring (bicyclic) bond motifs is 1. The highest BCUT2D eigenvalue weighted by Crippen LogP contribution is 2.43. The molecule has 0 aromatic carbocycles. The lowest BCUT2D eigenvalue weighted by Crippen LogP contribution is -2.41. The number of amides is 1. The standard InChI is InChI=1S/C18H27N3O4/c1-19(2)16(22)11-21-10-15-9-20(8-14-4-7-25-12-14)6-3-5-18(15,13-21)17(23)24/h4,7,12,15H,3,5-6,8-11,13H2,1-2H3,(H,23,24)/t15-,18-/m0/s1. The zero-order chi connectivity index (χ0) is 18.0. The Bertz CT molecular complexity index is 616. The Balaban J connectivity index is 1.73. The van der Waals surface area contributed by atoms with E-state index in [-0.39, 0.29) is 11.8 Å². The molecule has 0 unspecified atom stereocenters. The van der Waals surface area contributed by atoms with Crippen LogP contribution in [0.2, 0.25) is 0 Å². The Morgan fingerprint density at radius 1 is 1.36 bits per heavy atom. The van der Waals surface area contributed by atoms with Gasteiger partial charge in [0, 0.05) is 51.8 Å². The Labute approximate surface area is 148 Å². The van der Waals surface area contributed by atoms with Crippen molar-refractivity contribution >= 4 is 11.9 Å². The number of carboxylic acids is 1. The summed E-state index contributed by atoms with van der Waals surface area (Å²) in [6, 6.07) is 1.95. The van der Waals surface area contributed by atoms with E-state index in [1.807, 2.05) is 11.0 Å². The zero-order valence-electron chi connectivity index (χ0n) is 15.0. The molecule has 1 aromatic heterocycles. The normalized spacial score (nSPS) is 27.7. The van der Waals surface area contributed by atoms with Gasteiger partial charge in [0.25, 0.3) is 0 Å². The molecule has 2 fully saturated rings. The van der Waals surface area contributed by atoms with Gasteiger partial charge in [-0.15, -0.1) is 0 Å². The summed E-state index contributed by atoms with van der Waals surface area (Å²) in [7, 11) is 3.46. The summed E-state index contributed by atoms with van der Waals surface area (Å²) in [5.74, 6) is -0.663. The second-order valence-corrected chi connectivity index (χ2v) is 7.59. The van der Waals surface area contributed by atoms with E-state index in [1.165, 1.54) is 0 Å². The van der Waals surface area contributed by atoms with Crippen LogP contribution in [0.5, 0.6) is 0 Å². The van der Waals surface area contributed by atoms with Crippen molar-refractivity contribution in [3.05, 3.63) is 24.2 Å². The number of nitrogens with zero attached hydrogens (tertiary/aromatic N) is 3. The third-order valence-corrected chi connectivity index (χ3v) is 5.61. The van der Waals surface area contributed by atoms with Crippen molar-refractivity contribution in [2.75, 3.05) is 46.8 Å². The maximum absolute atomic E-state index is 12.1. The average molecular weight is 349 g/mol. The van der Waals surface area contributed by atoms with Crippen molar-refractivity contribution in [1.29, 1.82) is 0 Å². The third-order valence-electron chi connectivity index (χ3n) is 5.61. The maximum Gasteiger partial charge on any atom is 0.311 e. The summed E-state index contributed by atoms with van der Waals surface area (Å²) in [5.41, 5.74) is 0.373. The molecule has 0 radical (unpaired) electrons. The molecule has 3 rings (SSSR count). The number of likely N-dealkylation sites (N-methyl/N-ethyl adjacent to an activating group) is 1. The first kappa shape index (κ1) is 17.9. The molecule has 1 amide bonds. The molecular formula is C18H27N3O4. The monoisotopic (exact) mass is 349 g/mol. The van der Waals surface area contributed by atoms with Gasteiger partial charge in [0.05, 0.1) is 24.5 Å². The topological polar surface area (TPSA) is 77.2 Å². The van der Waals surface area contributed by atoms with Crippen LogP contribution in [-0.2, 0) is 16.1 Å². The molecule has 0 aliphatic carbocycles. The Morgan fingerprint density at radius 2 is 2.12 bits per heavy atom. The number of carbonyl (C=O) groups excluding carboxylic acids is 1. The lowest BCUT2D eigenvalue weighted by atomic mass is 9.75. The smallest absolute Gasteiger partial charge is 0.311 e. The molecule has 1 N–H and O–H groups in total. The van der Waals surface area contributed by atoms with Crippen molar-refractivity contribution in [3.8, 4) is 0 Å². The number of hydrogen-bond acceptors (Lipinski definition) is 5. The van der Waals surface area contributed by atoms with Crippen LogP contribution in [0.15, 0.2) is 23.0 Å². The zero-order valence-corrected chi connectivity index (χ0v) is 15.0. The minimum absolute atomic E-state index is 0.0206. The number of likely N-dealkylation sites (tertiary alicyclic amines) is 2. The highest BCUT2D eigenvalue weighted by atomic mass is 16.4. The van der Waals surface area contributed by atoms with E-state index >= 15 is 0 Å². The highest BCUT2D eigenvalue weighted by Gasteiger charge is 2.53. The molecule has 2 aliphatic rings. The van der Waals surface area contributed by atoms with E-state index in [1.54, 1.807) is 31.5 Å². The van der Waals surface area contributed by atoms with Gasteiger partial charge in [0.2, 0.25) is 5.91 Å². The molecule has 0 saturated carbocycles. The Kier molecular flexibility index (Phi) is 5.15. The van der Waals surface area contributed by atoms with Gasteiger partial charge in [-0.2, -0.15) is 0 Å². The van der Waals surface area contributed by atoms with Gasteiger partial charge in [-0.25, -0.2) is 0 Å². The van der Waals surface area contributed by atoms with E-state index < -0.39 is 11.4 Å². The van der Waals surface area contributed by atoms with E-state index in [4.69, 9.17) is 4.42 Å². The molecule has 7 nitrogen and oxygen atoms in total. The van der Waals surface area contributed by atoms with Crippen LogP contribution in [0.3, 0.4) is 0 Å². The van der Waals surface area contributed by atoms with Crippen LogP contribution < -0.4 is 0 Å². The fourth-order valence-electron chi connectivity index (χ4n) is 4.20. The van der Waals surface area contributed by atoms with Crippen LogP contribution in [0, 0.1) is 11.3 Å². The molecule has 0 spiro atoms. The average Bonchev–Trinajstić information content (AvgIpc) is 3.12. The van der Waals surface area contributed by atoms with Gasteiger partial charge >= 0.3 is 5.97 Å². The Morgan fingerprint density at radius 3 is 2.76 bits per heavy atom. The number of aliphatic carboxylic acids is 1. The summed E-state index contributed by atoms with van der Waals surface area (Å²) < 4.78 is 5.14. The lowest BCUT2D eigenvalue weighted by molar-refractivity contribution is -0.151. The van der Waals surface area contributed by atoms with Crippen LogP contribution in [-0.4, -0.2) is 78.5 Å². The van der Waals surface area contributed by atoms with Gasteiger partial charge in [-0.3, -0.25) is 19.4 Å². The van der Waals surface area contributed by atoms with Gasteiger partial charge in [0.1, 0.15) is 0 Å². The van der Waals surface area contributed by atoms with Crippen molar-refractivity contribution in [1.82, 2.24) is 14.7 Å². The maximum atomic E-state index is 12.1. The number of rotatable bonds is 5. The van der Waals surface area contributed by atoms with Crippen molar-refractivity contribution in [2.24, 2.45) is 11.3 Å². The van der Waals surface area contributed by atoms with E-state index in [0.717, 1.165) is 31.6 Å². The quantitative estimate of drug-likeness (QED) is 0.853. The molecule has 25 heavy (non-hydrogen) atoms. The summed E-state index contributed by atoms with van der Waals surface area (Å²) >= 11 is 0. The molecule has 2 atom stereocenters. The first-order valence-corrected chi connectivity index (χ1v) is 8.80. The SMILES string of the molecule is CN(C)C(=O)CN1C[C@@H]2CN(Cc3ccoc3)CCC[C@]2(C(=O)O)C1. The molecule has 3 heterocycles. The van der Waals surface area contributed by atoms with Gasteiger partial charge in [-0.05, 0) is 25.5 Å². The molecule has 1 aromatic rings. The number of furan rings is 1. The van der Waals surface area contributed by atoms with Crippen LogP contribution >= 0.6 is 0 Å². The molecular weight excluding hydrogens is 322 g/mol. The fraction of sp³-hybridized carbons (Fsp3) is 0.667. The molecule has 138 valence electrons. The summed E-state index contributed by atoms with van der Waals surface area (Å²) in [6.07, 6.45) is 4.93. The first-order chi connectivity index (χ1) is 11.9. The third kappa shape index (κ3) is 3.72. The number of carboxylic acid groups (broad SMARTS) is 1. The molecule has 2 saturated heterocycles. The van der Waals surface area contributed by atoms with Gasteiger partial charge in [-0.1, -0.05) is 0 Å². The van der Waals surface area contributed by atoms with Crippen LogP contribution in [0.25, 0.3) is 0 Å². The summed E-state index contributed by atoms with van der Waals surface area (Å²) in [5, 5.41) is 9.97. The molecule has 7 heteroatoms. The predicted octanol–water partition coefficient (Wildman–Crippen LogP) is 0.966. The minimum atomic E-state index is -0.738. The van der Waals surface area contributed by atoms with Gasteiger partial charge in [0.15, 0.2) is 0 Å². The lowest BCUT2D eigenvalue weighted by Gasteiger charge is -2.29. The Hall–Kier alpha value is -1.86. The first-order valence-electron chi connectivity index (χ1n) is 8.80. The molecule has 2 aliphatic heterocycles. The summed E-state index contributed by atoms with van der Waals surface area (Å²) in [6.45, 7) is 3.83. The van der Waals surface area contributed by atoms with Crippen molar-refractivity contribution in [3.63, 3.8) is 0 Å². The summed E-state index contributed by atoms with van der Waals surface area (Å²) in [4.78, 5) is 30.1. The second kappa shape index (κ2) is 7.17. The fourth-order valence-corrected chi connectivity index (χ4v) is 4.20. The number of hydrogen-bond donors (Lipinski definition) is 1. The number of carbonyl (C=O) groups is 2. The second-order valence-electron chi connectivity index (χ2n) is 7.59. The largest absolute Gasteiger partial charge is 0.481 e. The van der Waals surface area contributed by atoms with Crippen LogP contribution in [0.4, 0.5) is 0 Å². The molecule has 0 bridgehead atoms. The van der Waals surface area contributed by atoms with Crippen molar-refractivity contribution in [2.45, 2.75) is 19.4 Å². The van der Waals surface area contributed by atoms with Gasteiger partial charge < -0.3 is 14.4 Å². The highest BCUT2D eigenvalue weighted by molar-refractivity contribution is 5.79. The van der Waals surface area contributed by atoms with Crippen LogP contribution in [0.1, 0.15) is 18.4 Å².